The number of likely N-dealkylation sites (tertiary alicyclic amines) is 2. The van der Waals surface area contributed by atoms with Crippen LogP contribution < -0.4 is 9.47 Å². The Balaban J connectivity index is 0.000000283. The fourth-order valence-electron chi connectivity index (χ4n) is 4.58. The number of halogens is 1. The van der Waals surface area contributed by atoms with E-state index in [9.17, 15) is 19.2 Å². The zero-order valence-corrected chi connectivity index (χ0v) is 31.6. The van der Waals surface area contributed by atoms with Gasteiger partial charge in [-0.3, -0.25) is 9.59 Å². The summed E-state index contributed by atoms with van der Waals surface area (Å²) in [6.07, 6.45) is 3.10. The number of alkyl halides is 1. The van der Waals surface area contributed by atoms with Crippen LogP contribution in [-0.2, 0) is 40.3 Å². The summed E-state index contributed by atoms with van der Waals surface area (Å²) in [4.78, 5) is 58.0. The Labute approximate surface area is 296 Å². The molecular formula is C34H49BrN4O10. The number of hydrogen-bond donors (Lipinski definition) is 0. The van der Waals surface area contributed by atoms with Crippen LogP contribution in [-0.4, -0.2) is 110 Å². The number of amides is 2. The van der Waals surface area contributed by atoms with E-state index in [1.165, 1.54) is 24.0 Å². The lowest BCUT2D eigenvalue weighted by Crippen LogP contribution is -2.64. The van der Waals surface area contributed by atoms with Gasteiger partial charge in [-0.25, -0.2) is 19.6 Å². The van der Waals surface area contributed by atoms with Crippen molar-refractivity contribution in [2.45, 2.75) is 64.5 Å². The largest absolute Gasteiger partial charge is 0.481 e. The van der Waals surface area contributed by atoms with Gasteiger partial charge in [0.25, 0.3) is 0 Å². The van der Waals surface area contributed by atoms with Gasteiger partial charge in [-0.15, -0.1) is 0 Å². The Hall–Kier alpha value is -4.14. The van der Waals surface area contributed by atoms with Gasteiger partial charge in [0.15, 0.2) is 0 Å². The van der Waals surface area contributed by atoms with E-state index in [0.717, 1.165) is 16.5 Å². The van der Waals surface area contributed by atoms with Gasteiger partial charge in [0.1, 0.15) is 16.6 Å². The number of nitrogens with zero attached hydrogens (tertiary/aromatic N) is 4. The van der Waals surface area contributed by atoms with Gasteiger partial charge in [0, 0.05) is 56.0 Å². The lowest BCUT2D eigenvalue weighted by Gasteiger charge is -2.47. The molecule has 14 nitrogen and oxygen atoms in total. The molecule has 272 valence electrons. The third-order valence-electron chi connectivity index (χ3n) is 7.04. The summed E-state index contributed by atoms with van der Waals surface area (Å²) in [7, 11) is 5.85. The van der Waals surface area contributed by atoms with Crippen LogP contribution in [0.4, 0.5) is 9.59 Å². The highest BCUT2D eigenvalue weighted by molar-refractivity contribution is 9.08. The van der Waals surface area contributed by atoms with Crippen LogP contribution in [0.15, 0.2) is 36.7 Å². The van der Waals surface area contributed by atoms with Gasteiger partial charge in [0.05, 0.1) is 34.4 Å². The number of aromatic nitrogens is 2. The van der Waals surface area contributed by atoms with Crippen LogP contribution in [0.5, 0.6) is 11.8 Å². The van der Waals surface area contributed by atoms with Crippen molar-refractivity contribution in [3.8, 4) is 11.8 Å². The van der Waals surface area contributed by atoms with Crippen molar-refractivity contribution in [1.82, 2.24) is 19.8 Å². The highest BCUT2D eigenvalue weighted by atomic mass is 79.9. The predicted molar refractivity (Wildman–Crippen MR) is 183 cm³/mol. The number of esters is 2. The topological polar surface area (TPSA) is 156 Å². The Morgan fingerprint density at radius 3 is 1.59 bits per heavy atom. The van der Waals surface area contributed by atoms with Crippen LogP contribution in [0, 0.1) is 11.3 Å². The van der Waals surface area contributed by atoms with E-state index in [1.807, 2.05) is 39.0 Å². The van der Waals surface area contributed by atoms with Crippen LogP contribution in [0.1, 0.15) is 52.7 Å². The molecule has 4 heterocycles. The minimum absolute atomic E-state index is 0.192. The van der Waals surface area contributed by atoms with Gasteiger partial charge < -0.3 is 38.2 Å². The number of ether oxygens (including phenoxy) is 6. The van der Waals surface area contributed by atoms with Crippen LogP contribution in [0.25, 0.3) is 0 Å². The van der Waals surface area contributed by atoms with Crippen molar-refractivity contribution >= 4 is 40.1 Å². The number of carbonyl (C=O) groups excluding carboxylic acids is 4. The average molecular weight is 754 g/mol. The maximum absolute atomic E-state index is 12.3. The molecule has 0 saturated carbocycles. The quantitative estimate of drug-likeness (QED) is 0.211. The first-order chi connectivity index (χ1) is 22.9. The van der Waals surface area contributed by atoms with Crippen LogP contribution in [0.2, 0.25) is 0 Å². The first-order valence-corrected chi connectivity index (χ1v) is 16.7. The zero-order chi connectivity index (χ0) is 37.0. The van der Waals surface area contributed by atoms with E-state index in [4.69, 9.17) is 23.7 Å². The van der Waals surface area contributed by atoms with E-state index in [0.29, 0.717) is 31.3 Å². The van der Waals surface area contributed by atoms with E-state index in [1.54, 1.807) is 53.5 Å². The molecule has 0 aromatic carbocycles. The third-order valence-corrected chi connectivity index (χ3v) is 7.68. The Morgan fingerprint density at radius 1 is 0.755 bits per heavy atom. The molecular weight excluding hydrogens is 704 g/mol. The Bertz CT molecular complexity index is 1360. The van der Waals surface area contributed by atoms with Gasteiger partial charge in [-0.1, -0.05) is 28.1 Å². The molecule has 0 aliphatic carbocycles. The molecule has 2 saturated heterocycles. The molecule has 0 radical (unpaired) electrons. The number of hydrogen-bond acceptors (Lipinski definition) is 12. The van der Waals surface area contributed by atoms with E-state index in [2.05, 4.69) is 30.6 Å². The second-order valence-electron chi connectivity index (χ2n) is 13.4. The maximum Gasteiger partial charge on any atom is 0.410 e. The maximum atomic E-state index is 12.3. The summed E-state index contributed by atoms with van der Waals surface area (Å²) in [6.45, 7) is 12.2. The summed E-state index contributed by atoms with van der Waals surface area (Å²) in [5.41, 5.74) is 0.210. The van der Waals surface area contributed by atoms with Gasteiger partial charge >= 0.3 is 24.1 Å². The highest BCUT2D eigenvalue weighted by Gasteiger charge is 2.53. The minimum atomic E-state index is -0.762. The van der Waals surface area contributed by atoms with Crippen molar-refractivity contribution in [1.29, 1.82) is 0 Å². The molecule has 2 aromatic rings. The molecule has 0 spiro atoms. The van der Waals surface area contributed by atoms with E-state index < -0.39 is 22.7 Å². The van der Waals surface area contributed by atoms with Crippen molar-refractivity contribution in [3.63, 3.8) is 0 Å². The monoisotopic (exact) mass is 752 g/mol. The van der Waals surface area contributed by atoms with Crippen molar-refractivity contribution in [2.75, 3.05) is 54.6 Å². The normalized spacial score (nSPS) is 15.0. The van der Waals surface area contributed by atoms with Crippen molar-refractivity contribution in [2.24, 2.45) is 11.3 Å². The molecule has 0 atom stereocenters. The lowest BCUT2D eigenvalue weighted by atomic mass is 9.75. The number of methoxy groups -OCH3 is 4. The van der Waals surface area contributed by atoms with Gasteiger partial charge in [-0.2, -0.15) is 0 Å². The smallest absolute Gasteiger partial charge is 0.410 e. The van der Waals surface area contributed by atoms with E-state index >= 15 is 0 Å². The summed E-state index contributed by atoms with van der Waals surface area (Å²) in [5.74, 6) is 0.370. The average Bonchev–Trinajstić information content (AvgIpc) is 3.00. The fourth-order valence-corrected chi connectivity index (χ4v) is 4.91. The van der Waals surface area contributed by atoms with Crippen molar-refractivity contribution < 1.29 is 47.6 Å². The number of pyridine rings is 2. The van der Waals surface area contributed by atoms with Gasteiger partial charge in [0.2, 0.25) is 11.8 Å². The SMILES string of the molecule is COC(=O)C1(Cc2ccc(OC)nc2)CN(C(=O)OC(C)(C)C)C1.COC(=O)C1CN(C(=O)OC(C)(C)C)C1.COc1ccc(CBr)cn1. The molecule has 2 aliphatic rings. The second kappa shape index (κ2) is 18.0. The van der Waals surface area contributed by atoms with E-state index in [-0.39, 0.29) is 37.0 Å². The molecule has 0 N–H and O–H groups in total. The van der Waals surface area contributed by atoms with Crippen LogP contribution in [0.3, 0.4) is 0 Å². The molecule has 4 rings (SSSR count). The minimum Gasteiger partial charge on any atom is -0.481 e. The molecule has 0 unspecified atom stereocenters. The number of rotatable bonds is 7. The summed E-state index contributed by atoms with van der Waals surface area (Å²) < 4.78 is 29.9. The fraction of sp³-hybridized carbons (Fsp3) is 0.588. The highest BCUT2D eigenvalue weighted by Crippen LogP contribution is 2.36. The molecule has 49 heavy (non-hydrogen) atoms. The van der Waals surface area contributed by atoms with Crippen LogP contribution >= 0.6 is 15.9 Å². The lowest BCUT2D eigenvalue weighted by molar-refractivity contribution is -0.163. The first kappa shape index (κ1) is 41.0. The summed E-state index contributed by atoms with van der Waals surface area (Å²) >= 11 is 3.32. The van der Waals surface area contributed by atoms with Crippen molar-refractivity contribution in [3.05, 3.63) is 47.8 Å². The Morgan fingerprint density at radius 2 is 1.22 bits per heavy atom. The molecule has 15 heteroatoms. The third kappa shape index (κ3) is 13.0. The number of carbonyl (C=O) groups is 4. The summed E-state index contributed by atoms with van der Waals surface area (Å²) in [5, 5.41) is 0.837. The molecule has 2 aromatic heterocycles. The molecule has 0 bridgehead atoms. The first-order valence-electron chi connectivity index (χ1n) is 15.5. The standard InChI is InChI=1S/C17H24N2O5.C10H17NO4.C7H8BrNO/c1-16(2,3)24-15(21)19-10-17(11-19,14(20)23-5)8-12-6-7-13(22-4)18-9-12;1-10(2,3)15-9(13)11-5-7(6-11)8(12)14-4;1-10-7-3-2-6(4-8)5-9-7/h6-7,9H,8,10-11H2,1-5H3;7H,5-6H2,1-4H3;2-3,5H,4H2,1H3. The predicted octanol–water partition coefficient (Wildman–Crippen LogP) is 5.05. The van der Waals surface area contributed by atoms with Gasteiger partial charge in [-0.05, 0) is 59.1 Å². The second-order valence-corrected chi connectivity index (χ2v) is 14.0. The summed E-state index contributed by atoms with van der Waals surface area (Å²) in [6, 6.07) is 7.41. The Kier molecular flexibility index (Phi) is 15.1. The molecule has 2 fully saturated rings. The molecule has 2 aliphatic heterocycles. The molecule has 2 amide bonds. The zero-order valence-electron chi connectivity index (χ0n) is 30.0.